The summed E-state index contributed by atoms with van der Waals surface area (Å²) in [7, 11) is -3.14. The molecule has 0 spiro atoms. The Hall–Kier alpha value is -0.910. The van der Waals surface area contributed by atoms with Gasteiger partial charge in [-0.2, -0.15) is 0 Å². The smallest absolute Gasteiger partial charge is 0.178 e. The van der Waals surface area contributed by atoms with Crippen LogP contribution in [0.25, 0.3) is 0 Å². The molecule has 1 saturated heterocycles. The number of piperidine rings is 1. The molecule has 2 rings (SSSR count). The normalized spacial score (nSPS) is 19.9. The highest BCUT2D eigenvalue weighted by Gasteiger charge is 2.15. The molecule has 0 amide bonds. The van der Waals surface area contributed by atoms with Crippen molar-refractivity contribution in [3.8, 4) is 0 Å². The van der Waals surface area contributed by atoms with Crippen molar-refractivity contribution in [3.63, 3.8) is 0 Å². The summed E-state index contributed by atoms with van der Waals surface area (Å²) in [5.41, 5.74) is 1.08. The molecule has 1 aliphatic heterocycles. The SMILES string of the molecule is Cc1ccc(S(=O)(=O)CCCNC2CCCNC2)cc1. The Labute approximate surface area is 121 Å². The van der Waals surface area contributed by atoms with E-state index < -0.39 is 9.84 Å². The van der Waals surface area contributed by atoms with Crippen molar-refractivity contribution in [2.75, 3.05) is 25.4 Å². The first-order valence-electron chi connectivity index (χ1n) is 7.31. The lowest BCUT2D eigenvalue weighted by Crippen LogP contribution is -2.43. The quantitative estimate of drug-likeness (QED) is 0.781. The van der Waals surface area contributed by atoms with Crippen LogP contribution in [-0.2, 0) is 9.84 Å². The maximum Gasteiger partial charge on any atom is 0.178 e. The maximum absolute atomic E-state index is 12.2. The predicted molar refractivity (Wildman–Crippen MR) is 81.7 cm³/mol. The lowest BCUT2D eigenvalue weighted by molar-refractivity contribution is 0.391. The largest absolute Gasteiger partial charge is 0.315 e. The summed E-state index contributed by atoms with van der Waals surface area (Å²) in [6.45, 7) is 4.81. The summed E-state index contributed by atoms with van der Waals surface area (Å²) in [6.07, 6.45) is 3.03. The lowest BCUT2D eigenvalue weighted by atomic mass is 10.1. The highest BCUT2D eigenvalue weighted by atomic mass is 32.2. The molecule has 1 aromatic rings. The van der Waals surface area contributed by atoms with Crippen LogP contribution in [0.2, 0.25) is 0 Å². The van der Waals surface area contributed by atoms with E-state index in [0.717, 1.165) is 25.2 Å². The molecule has 0 saturated carbocycles. The van der Waals surface area contributed by atoms with Crippen LogP contribution >= 0.6 is 0 Å². The Morgan fingerprint density at radius 2 is 2.05 bits per heavy atom. The van der Waals surface area contributed by atoms with Crippen molar-refractivity contribution < 1.29 is 8.42 Å². The van der Waals surface area contributed by atoms with E-state index in [0.29, 0.717) is 17.4 Å². The van der Waals surface area contributed by atoms with E-state index in [1.807, 2.05) is 19.1 Å². The van der Waals surface area contributed by atoms with E-state index in [1.165, 1.54) is 12.8 Å². The molecule has 1 heterocycles. The molecule has 1 fully saturated rings. The van der Waals surface area contributed by atoms with Gasteiger partial charge >= 0.3 is 0 Å². The van der Waals surface area contributed by atoms with E-state index in [9.17, 15) is 8.42 Å². The van der Waals surface area contributed by atoms with Crippen LogP contribution in [0.1, 0.15) is 24.8 Å². The monoisotopic (exact) mass is 296 g/mol. The van der Waals surface area contributed by atoms with E-state index >= 15 is 0 Å². The minimum atomic E-state index is -3.14. The third-order valence-corrected chi connectivity index (χ3v) is 5.52. The Morgan fingerprint density at radius 1 is 1.30 bits per heavy atom. The molecular weight excluding hydrogens is 272 g/mol. The Morgan fingerprint density at radius 3 is 2.70 bits per heavy atom. The lowest BCUT2D eigenvalue weighted by Gasteiger charge is -2.23. The van der Waals surface area contributed by atoms with Crippen LogP contribution in [0.15, 0.2) is 29.2 Å². The van der Waals surface area contributed by atoms with Crippen molar-refractivity contribution in [3.05, 3.63) is 29.8 Å². The molecule has 20 heavy (non-hydrogen) atoms. The van der Waals surface area contributed by atoms with Gasteiger partial charge in [0.15, 0.2) is 9.84 Å². The van der Waals surface area contributed by atoms with E-state index in [4.69, 9.17) is 0 Å². The molecule has 5 heteroatoms. The Kier molecular flexibility index (Phi) is 5.57. The molecule has 0 bridgehead atoms. The number of rotatable bonds is 6. The number of sulfone groups is 1. The van der Waals surface area contributed by atoms with E-state index in [1.54, 1.807) is 12.1 Å². The van der Waals surface area contributed by atoms with Gasteiger partial charge in [0.05, 0.1) is 10.6 Å². The molecule has 112 valence electrons. The molecule has 1 aliphatic rings. The number of benzene rings is 1. The average molecular weight is 296 g/mol. The van der Waals surface area contributed by atoms with Crippen LogP contribution in [0.4, 0.5) is 0 Å². The predicted octanol–water partition coefficient (Wildman–Crippen LogP) is 1.50. The maximum atomic E-state index is 12.2. The number of aryl methyl sites for hydroxylation is 1. The highest BCUT2D eigenvalue weighted by Crippen LogP contribution is 2.13. The van der Waals surface area contributed by atoms with Gasteiger partial charge in [0, 0.05) is 12.6 Å². The molecule has 1 atom stereocenters. The first-order valence-corrected chi connectivity index (χ1v) is 8.97. The van der Waals surface area contributed by atoms with Crippen LogP contribution in [0, 0.1) is 6.92 Å². The average Bonchev–Trinajstić information content (AvgIpc) is 2.45. The molecule has 1 aromatic carbocycles. The summed E-state index contributed by atoms with van der Waals surface area (Å²) >= 11 is 0. The second kappa shape index (κ2) is 7.20. The fourth-order valence-electron chi connectivity index (χ4n) is 2.46. The fourth-order valence-corrected chi connectivity index (χ4v) is 3.77. The Balaban J connectivity index is 1.76. The van der Waals surface area contributed by atoms with E-state index in [2.05, 4.69) is 10.6 Å². The minimum Gasteiger partial charge on any atom is -0.315 e. The number of hydrogen-bond donors (Lipinski definition) is 2. The Bertz CT molecular complexity index is 505. The zero-order valence-corrected chi connectivity index (χ0v) is 12.9. The summed E-state index contributed by atoms with van der Waals surface area (Å²) < 4.78 is 24.3. The van der Waals surface area contributed by atoms with Crippen molar-refractivity contribution in [1.82, 2.24) is 10.6 Å². The molecule has 0 aromatic heterocycles. The van der Waals surface area contributed by atoms with Gasteiger partial charge in [0.2, 0.25) is 0 Å². The molecule has 0 aliphatic carbocycles. The van der Waals surface area contributed by atoms with Crippen molar-refractivity contribution in [2.45, 2.75) is 37.1 Å². The summed E-state index contributed by atoms with van der Waals surface area (Å²) in [5, 5.41) is 6.77. The third-order valence-electron chi connectivity index (χ3n) is 3.70. The molecule has 2 N–H and O–H groups in total. The third kappa shape index (κ3) is 4.58. The number of nitrogens with one attached hydrogen (secondary N) is 2. The minimum absolute atomic E-state index is 0.212. The van der Waals surface area contributed by atoms with Gasteiger partial charge in [-0.05, 0) is 51.4 Å². The zero-order chi connectivity index (χ0) is 14.4. The standard InChI is InChI=1S/C15H24N2O2S/c1-13-5-7-15(8-6-13)20(18,19)11-3-10-17-14-4-2-9-16-12-14/h5-8,14,16-17H,2-4,9-12H2,1H3. The van der Waals surface area contributed by atoms with Crippen molar-refractivity contribution in [2.24, 2.45) is 0 Å². The van der Waals surface area contributed by atoms with Gasteiger partial charge in [-0.1, -0.05) is 17.7 Å². The van der Waals surface area contributed by atoms with Gasteiger partial charge in [0.25, 0.3) is 0 Å². The highest BCUT2D eigenvalue weighted by molar-refractivity contribution is 7.91. The van der Waals surface area contributed by atoms with Gasteiger partial charge < -0.3 is 10.6 Å². The molecule has 1 unspecified atom stereocenters. The van der Waals surface area contributed by atoms with Crippen molar-refractivity contribution >= 4 is 9.84 Å². The van der Waals surface area contributed by atoms with Gasteiger partial charge in [-0.15, -0.1) is 0 Å². The fraction of sp³-hybridized carbons (Fsp3) is 0.600. The van der Waals surface area contributed by atoms with Crippen LogP contribution < -0.4 is 10.6 Å². The second-order valence-electron chi connectivity index (χ2n) is 5.48. The van der Waals surface area contributed by atoms with Crippen LogP contribution in [-0.4, -0.2) is 39.8 Å². The second-order valence-corrected chi connectivity index (χ2v) is 7.59. The van der Waals surface area contributed by atoms with E-state index in [-0.39, 0.29) is 5.75 Å². The molecular formula is C15H24N2O2S. The summed E-state index contributed by atoms with van der Waals surface area (Å²) in [5.74, 6) is 0.212. The van der Waals surface area contributed by atoms with Gasteiger partial charge in [0.1, 0.15) is 0 Å². The summed E-state index contributed by atoms with van der Waals surface area (Å²) in [6, 6.07) is 7.58. The molecule has 4 nitrogen and oxygen atoms in total. The first kappa shape index (κ1) is 15.5. The number of hydrogen-bond acceptors (Lipinski definition) is 4. The van der Waals surface area contributed by atoms with Crippen LogP contribution in [0.3, 0.4) is 0 Å². The topological polar surface area (TPSA) is 58.2 Å². The van der Waals surface area contributed by atoms with Gasteiger partial charge in [-0.25, -0.2) is 8.42 Å². The van der Waals surface area contributed by atoms with Crippen LogP contribution in [0.5, 0.6) is 0 Å². The first-order chi connectivity index (χ1) is 9.58. The summed E-state index contributed by atoms with van der Waals surface area (Å²) in [4.78, 5) is 0.433. The zero-order valence-electron chi connectivity index (χ0n) is 12.1. The van der Waals surface area contributed by atoms with Gasteiger partial charge in [-0.3, -0.25) is 0 Å². The molecule has 0 radical (unpaired) electrons. The van der Waals surface area contributed by atoms with Crippen molar-refractivity contribution in [1.29, 1.82) is 0 Å².